The second kappa shape index (κ2) is 19.2. The van der Waals surface area contributed by atoms with Crippen LogP contribution in [0.2, 0.25) is 136 Å². The average molecular weight is 1090 g/mol. The Bertz CT molecular complexity index is 1660. The Morgan fingerprint density at radius 2 is 0.741 bits per heavy atom. The van der Waals surface area contributed by atoms with Crippen LogP contribution in [0.1, 0.15) is 36.8 Å². The van der Waals surface area contributed by atoms with Crippen LogP contribution in [-0.2, 0) is 38.6 Å². The van der Waals surface area contributed by atoms with E-state index in [2.05, 4.69) is 193 Å². The molecule has 0 saturated carbocycles. The third kappa shape index (κ3) is 16.5. The van der Waals surface area contributed by atoms with Crippen LogP contribution < -0.4 is 0 Å². The largest absolute Gasteiger partial charge is 0.437 e. The SMILES string of the molecule is CO[Si](C)(C)O[Si](C)(C)O[Si](C)(C)O[Si](C)(C)CCCC1(CCC[Si](C)(C)O[Si](C)(C)O[Si](C)(C)O[Si](C)(C)O[Si](C)(C)C)c2cc(Br)ccc2-c2ccc(Br)cc21. The van der Waals surface area contributed by atoms with E-state index in [0.717, 1.165) is 46.7 Å². The Morgan fingerprint density at radius 1 is 0.431 bits per heavy atom. The lowest BCUT2D eigenvalue weighted by Gasteiger charge is -2.42. The highest BCUT2D eigenvalue weighted by Gasteiger charge is 2.48. The molecule has 332 valence electrons. The van der Waals surface area contributed by atoms with Crippen molar-refractivity contribution in [1.82, 2.24) is 0 Å². The van der Waals surface area contributed by atoms with Crippen molar-refractivity contribution in [1.29, 1.82) is 0 Å². The van der Waals surface area contributed by atoms with Gasteiger partial charge in [-0.25, -0.2) is 0 Å². The minimum absolute atomic E-state index is 0.130. The normalized spacial score (nSPS) is 15.8. The van der Waals surface area contributed by atoms with Crippen molar-refractivity contribution in [3.8, 4) is 11.1 Å². The zero-order valence-electron chi connectivity index (χ0n) is 39.7. The highest BCUT2D eigenvalue weighted by molar-refractivity contribution is 9.10. The lowest BCUT2D eigenvalue weighted by Crippen LogP contribution is -2.58. The summed E-state index contributed by atoms with van der Waals surface area (Å²) in [4.78, 5) is 0. The fraction of sp³-hybridized carbons (Fsp3) is 0.692. The predicted molar refractivity (Wildman–Crippen MR) is 274 cm³/mol. The van der Waals surface area contributed by atoms with Gasteiger partial charge in [-0.3, -0.25) is 0 Å². The molecule has 0 aromatic heterocycles. The quantitative estimate of drug-likeness (QED) is 0.102. The Kier molecular flexibility index (Phi) is 17.7. The van der Waals surface area contributed by atoms with Crippen molar-refractivity contribution in [2.24, 2.45) is 0 Å². The molecule has 58 heavy (non-hydrogen) atoms. The lowest BCUT2D eigenvalue weighted by atomic mass is 9.71. The van der Waals surface area contributed by atoms with Crippen LogP contribution in [0.25, 0.3) is 11.1 Å². The zero-order valence-corrected chi connectivity index (χ0v) is 51.9. The first-order valence-electron chi connectivity index (χ1n) is 21.0. The number of halogens is 2. The van der Waals surface area contributed by atoms with Gasteiger partial charge in [0.25, 0.3) is 0 Å². The van der Waals surface area contributed by atoms with E-state index in [1.54, 1.807) is 7.11 Å². The third-order valence-corrected chi connectivity index (χ3v) is 43.7. The summed E-state index contributed by atoms with van der Waals surface area (Å²) in [5.41, 5.74) is 5.43. The van der Waals surface area contributed by atoms with Crippen LogP contribution in [0.3, 0.4) is 0 Å². The summed E-state index contributed by atoms with van der Waals surface area (Å²) < 4.78 is 55.6. The summed E-state index contributed by atoms with van der Waals surface area (Å²) >= 11 is 7.73. The molecule has 3 rings (SSSR count). The lowest BCUT2D eigenvalue weighted by molar-refractivity contribution is 0.265. The molecule has 19 heteroatoms. The molecule has 8 nitrogen and oxygen atoms in total. The molecule has 0 N–H and O–H groups in total. The molecule has 1 aliphatic carbocycles. The number of fused-ring (bicyclic) bond motifs is 3. The molecule has 2 aromatic rings. The summed E-state index contributed by atoms with van der Waals surface area (Å²) in [5, 5.41) is 0. The van der Waals surface area contributed by atoms with E-state index < -0.39 is 76.3 Å². The number of hydrogen-bond acceptors (Lipinski definition) is 8. The van der Waals surface area contributed by atoms with Crippen molar-refractivity contribution >= 4 is 108 Å². The van der Waals surface area contributed by atoms with Crippen molar-refractivity contribution in [2.75, 3.05) is 7.11 Å². The van der Waals surface area contributed by atoms with E-state index >= 15 is 0 Å². The molecular formula is C39H78Br2O8Si9. The van der Waals surface area contributed by atoms with E-state index in [1.807, 2.05) is 0 Å². The maximum Gasteiger partial charge on any atom is 0.322 e. The smallest absolute Gasteiger partial charge is 0.322 e. The van der Waals surface area contributed by atoms with Crippen LogP contribution in [0.4, 0.5) is 0 Å². The van der Waals surface area contributed by atoms with E-state index in [-0.39, 0.29) is 5.41 Å². The summed E-state index contributed by atoms with van der Waals surface area (Å²) in [5.74, 6) is 0. The molecule has 0 radical (unpaired) electrons. The molecule has 1 aliphatic rings. The molecular weight excluding hydrogens is 1010 g/mol. The minimum Gasteiger partial charge on any atom is -0.437 e. The van der Waals surface area contributed by atoms with Crippen LogP contribution >= 0.6 is 31.9 Å². The van der Waals surface area contributed by atoms with E-state index in [0.29, 0.717) is 0 Å². The Balaban J connectivity index is 1.84. The van der Waals surface area contributed by atoms with Crippen molar-refractivity contribution in [3.05, 3.63) is 56.5 Å². The Hall–Kier alpha value is 1.03. The van der Waals surface area contributed by atoms with Gasteiger partial charge in [-0.15, -0.1) is 0 Å². The second-order valence-electron chi connectivity index (χ2n) is 21.1. The van der Waals surface area contributed by atoms with Gasteiger partial charge in [-0.05, 0) is 196 Å². The van der Waals surface area contributed by atoms with E-state index in [4.69, 9.17) is 33.2 Å². The monoisotopic (exact) mass is 1080 g/mol. The fourth-order valence-corrected chi connectivity index (χ4v) is 51.5. The van der Waals surface area contributed by atoms with Crippen LogP contribution in [0.5, 0.6) is 0 Å². The number of benzene rings is 2. The molecule has 0 unspecified atom stereocenters. The summed E-state index contributed by atoms with van der Waals surface area (Å²) in [6, 6.07) is 15.9. The highest BCUT2D eigenvalue weighted by Crippen LogP contribution is 2.55. The van der Waals surface area contributed by atoms with Gasteiger partial charge in [0.1, 0.15) is 0 Å². The van der Waals surface area contributed by atoms with E-state index in [1.165, 1.54) is 22.3 Å². The van der Waals surface area contributed by atoms with Gasteiger partial charge in [0.2, 0.25) is 0 Å². The summed E-state index contributed by atoms with van der Waals surface area (Å²) in [7, 11) is -18.8. The standard InChI is InChI=1S/C39H78Br2O8Si9/c1-42-53(9,10)46-57(17,18)48-55(13,14)44-51(5,6)29-21-27-39(37-31-33(40)23-25-35(37)36-26-24-34(41)32-38(36)39)28-22-30-52(7,8)45-56(15,16)49-58(19,20)47-54(11,12)43-50(2,3)4/h23-26,31-32H,21-22,27-30H2,1-20H3. The van der Waals surface area contributed by atoms with Gasteiger partial charge in [0, 0.05) is 21.5 Å². The van der Waals surface area contributed by atoms with Gasteiger partial charge in [-0.1, -0.05) is 56.8 Å². The van der Waals surface area contributed by atoms with Crippen LogP contribution in [-0.4, -0.2) is 83.4 Å². The molecule has 0 aliphatic heterocycles. The first-order valence-corrected chi connectivity index (χ1v) is 49.1. The third-order valence-electron chi connectivity index (χ3n) is 10.1. The Morgan fingerprint density at radius 3 is 1.07 bits per heavy atom. The molecule has 0 saturated heterocycles. The fourth-order valence-electron chi connectivity index (χ4n) is 9.42. The van der Waals surface area contributed by atoms with Crippen molar-refractivity contribution in [2.45, 2.75) is 168 Å². The van der Waals surface area contributed by atoms with E-state index in [9.17, 15) is 0 Å². The summed E-state index contributed by atoms with van der Waals surface area (Å²) in [6.45, 7) is 41.9. The average Bonchev–Trinajstić information content (AvgIpc) is 3.19. The maximum absolute atomic E-state index is 7.14. The molecule has 0 bridgehead atoms. The first kappa shape index (κ1) is 53.4. The molecule has 0 amide bonds. The van der Waals surface area contributed by atoms with Gasteiger partial charge in [0.15, 0.2) is 25.0 Å². The molecule has 0 fully saturated rings. The maximum atomic E-state index is 7.14. The zero-order chi connectivity index (χ0) is 44.6. The summed E-state index contributed by atoms with van der Waals surface area (Å²) in [6.07, 6.45) is 4.22. The van der Waals surface area contributed by atoms with Crippen molar-refractivity contribution in [3.63, 3.8) is 0 Å². The predicted octanol–water partition coefficient (Wildman–Crippen LogP) is 14.3. The van der Waals surface area contributed by atoms with Crippen LogP contribution in [0, 0.1) is 0 Å². The van der Waals surface area contributed by atoms with Gasteiger partial charge in [0.05, 0.1) is 0 Å². The molecule has 0 spiro atoms. The molecule has 0 heterocycles. The number of hydrogen-bond donors (Lipinski definition) is 0. The topological polar surface area (TPSA) is 73.8 Å². The van der Waals surface area contributed by atoms with Crippen molar-refractivity contribution < 1.29 is 33.2 Å². The molecule has 2 aromatic carbocycles. The minimum atomic E-state index is -2.52. The highest BCUT2D eigenvalue weighted by atomic mass is 79.9. The first-order chi connectivity index (χ1) is 25.9. The van der Waals surface area contributed by atoms with Gasteiger partial charge in [-0.2, -0.15) is 0 Å². The van der Waals surface area contributed by atoms with Gasteiger partial charge < -0.3 is 33.2 Å². The van der Waals surface area contributed by atoms with Gasteiger partial charge >= 0.3 is 51.4 Å². The Labute approximate surface area is 380 Å². The second-order valence-corrected chi connectivity index (χ2v) is 58.1. The molecule has 0 atom stereocenters. The number of rotatable bonds is 23. The van der Waals surface area contributed by atoms with Crippen LogP contribution in [0.15, 0.2) is 45.3 Å².